The highest BCUT2D eigenvalue weighted by Gasteiger charge is 2.33. The number of pyridine rings is 1. The fourth-order valence-electron chi connectivity index (χ4n) is 2.62. The van der Waals surface area contributed by atoms with E-state index in [1.54, 1.807) is 24.5 Å². The molecule has 0 N–H and O–H groups in total. The van der Waals surface area contributed by atoms with Gasteiger partial charge in [-0.05, 0) is 43.5 Å². The van der Waals surface area contributed by atoms with E-state index in [-0.39, 0.29) is 11.5 Å². The molecule has 1 aromatic heterocycles. The van der Waals surface area contributed by atoms with Crippen molar-refractivity contribution in [2.24, 2.45) is 0 Å². The van der Waals surface area contributed by atoms with E-state index in [0.29, 0.717) is 23.8 Å². The maximum absolute atomic E-state index is 11.5. The van der Waals surface area contributed by atoms with Gasteiger partial charge in [-0.25, -0.2) is 0 Å². The van der Waals surface area contributed by atoms with Gasteiger partial charge in [0, 0.05) is 36.6 Å². The summed E-state index contributed by atoms with van der Waals surface area (Å²) in [5, 5.41) is 11.5. The van der Waals surface area contributed by atoms with Crippen LogP contribution in [0.1, 0.15) is 35.7 Å². The Labute approximate surface area is 133 Å². The standard InChI is InChI=1S/C17H17N3O3/c1-12(21)14-4-7-16(17(9-14)20(22)23)19(15-5-6-15)11-13-3-2-8-18-10-13/h2-4,7-10,15H,5-6,11H2,1H3. The van der Waals surface area contributed by atoms with Gasteiger partial charge in [0.1, 0.15) is 5.69 Å². The van der Waals surface area contributed by atoms with Gasteiger partial charge in [-0.1, -0.05) is 6.07 Å². The van der Waals surface area contributed by atoms with Crippen LogP contribution in [0.15, 0.2) is 42.7 Å². The molecule has 6 heteroatoms. The number of Topliss-reactive ketones (excluding diaryl/α,β-unsaturated/α-hetero) is 1. The van der Waals surface area contributed by atoms with Gasteiger partial charge in [-0.2, -0.15) is 0 Å². The number of nitro groups is 1. The zero-order valence-corrected chi connectivity index (χ0v) is 12.8. The Morgan fingerprint density at radius 2 is 2.17 bits per heavy atom. The van der Waals surface area contributed by atoms with Crippen LogP contribution in [0.5, 0.6) is 0 Å². The van der Waals surface area contributed by atoms with Gasteiger partial charge in [0.05, 0.1) is 4.92 Å². The van der Waals surface area contributed by atoms with E-state index in [1.165, 1.54) is 13.0 Å². The Morgan fingerprint density at radius 1 is 1.39 bits per heavy atom. The molecule has 1 aliphatic rings. The molecule has 1 saturated carbocycles. The Hall–Kier alpha value is -2.76. The van der Waals surface area contributed by atoms with Crippen LogP contribution in [0, 0.1) is 10.1 Å². The first-order valence-electron chi connectivity index (χ1n) is 7.51. The molecule has 0 spiro atoms. The highest BCUT2D eigenvalue weighted by atomic mass is 16.6. The van der Waals surface area contributed by atoms with Crippen LogP contribution in [-0.2, 0) is 6.54 Å². The molecule has 1 heterocycles. The van der Waals surface area contributed by atoms with E-state index in [9.17, 15) is 14.9 Å². The largest absolute Gasteiger partial charge is 0.359 e. The summed E-state index contributed by atoms with van der Waals surface area (Å²) in [5.74, 6) is -0.176. The van der Waals surface area contributed by atoms with Gasteiger partial charge in [-0.3, -0.25) is 19.9 Å². The van der Waals surface area contributed by atoms with Crippen molar-refractivity contribution in [1.29, 1.82) is 0 Å². The summed E-state index contributed by atoms with van der Waals surface area (Å²) in [7, 11) is 0. The molecular formula is C17H17N3O3. The third-order valence-electron chi connectivity index (χ3n) is 3.95. The van der Waals surface area contributed by atoms with Crippen molar-refractivity contribution in [2.45, 2.75) is 32.4 Å². The first-order chi connectivity index (χ1) is 11.1. The van der Waals surface area contributed by atoms with Crippen molar-refractivity contribution < 1.29 is 9.72 Å². The minimum atomic E-state index is -0.416. The Kier molecular flexibility index (Phi) is 4.06. The molecule has 3 rings (SSSR count). The number of benzene rings is 1. The SMILES string of the molecule is CC(=O)c1ccc(N(Cc2cccnc2)C2CC2)c([N+](=O)[O-])c1. The van der Waals surface area contributed by atoms with Gasteiger partial charge in [0.15, 0.2) is 5.78 Å². The van der Waals surface area contributed by atoms with E-state index in [4.69, 9.17) is 0 Å². The predicted molar refractivity (Wildman–Crippen MR) is 86.5 cm³/mol. The number of carbonyl (C=O) groups excluding carboxylic acids is 1. The number of nitro benzene ring substituents is 1. The molecule has 118 valence electrons. The van der Waals surface area contributed by atoms with E-state index < -0.39 is 4.92 Å². The molecule has 0 bridgehead atoms. The first-order valence-corrected chi connectivity index (χ1v) is 7.51. The molecule has 0 radical (unpaired) electrons. The zero-order valence-electron chi connectivity index (χ0n) is 12.8. The molecule has 1 fully saturated rings. The third kappa shape index (κ3) is 3.36. The Balaban J connectivity index is 1.99. The zero-order chi connectivity index (χ0) is 16.4. The number of hydrogen-bond acceptors (Lipinski definition) is 5. The molecule has 2 aromatic rings. The normalized spacial score (nSPS) is 13.6. The second-order valence-corrected chi connectivity index (χ2v) is 5.74. The number of aromatic nitrogens is 1. The lowest BCUT2D eigenvalue weighted by Gasteiger charge is -2.24. The predicted octanol–water partition coefficient (Wildman–Crippen LogP) is 3.36. The smallest absolute Gasteiger partial charge is 0.293 e. The summed E-state index contributed by atoms with van der Waals surface area (Å²) in [6, 6.07) is 8.83. The fraction of sp³-hybridized carbons (Fsp3) is 0.294. The molecule has 0 unspecified atom stereocenters. The number of rotatable bonds is 6. The maximum Gasteiger partial charge on any atom is 0.293 e. The number of ketones is 1. The number of anilines is 1. The number of carbonyl (C=O) groups is 1. The molecule has 0 saturated heterocycles. The van der Waals surface area contributed by atoms with Crippen molar-refractivity contribution in [3.63, 3.8) is 0 Å². The van der Waals surface area contributed by atoms with Crippen molar-refractivity contribution in [2.75, 3.05) is 4.90 Å². The van der Waals surface area contributed by atoms with Gasteiger partial charge in [0.25, 0.3) is 5.69 Å². The lowest BCUT2D eigenvalue weighted by Crippen LogP contribution is -2.26. The minimum absolute atomic E-state index is 0.0199. The quantitative estimate of drug-likeness (QED) is 0.464. The summed E-state index contributed by atoms with van der Waals surface area (Å²) in [6.07, 6.45) is 5.51. The monoisotopic (exact) mass is 311 g/mol. The summed E-state index contributed by atoms with van der Waals surface area (Å²) in [5.41, 5.74) is 1.90. The third-order valence-corrected chi connectivity index (χ3v) is 3.95. The molecule has 0 atom stereocenters. The lowest BCUT2D eigenvalue weighted by molar-refractivity contribution is -0.384. The summed E-state index contributed by atoms with van der Waals surface area (Å²) in [4.78, 5) is 28.7. The summed E-state index contributed by atoms with van der Waals surface area (Å²) >= 11 is 0. The van der Waals surface area contributed by atoms with Crippen LogP contribution in [0.25, 0.3) is 0 Å². The van der Waals surface area contributed by atoms with Gasteiger partial charge in [-0.15, -0.1) is 0 Å². The second-order valence-electron chi connectivity index (χ2n) is 5.74. The number of nitrogens with zero attached hydrogens (tertiary/aromatic N) is 3. The summed E-state index contributed by atoms with van der Waals surface area (Å²) < 4.78 is 0. The molecular weight excluding hydrogens is 294 g/mol. The van der Waals surface area contributed by atoms with Crippen LogP contribution >= 0.6 is 0 Å². The highest BCUT2D eigenvalue weighted by Crippen LogP contribution is 2.38. The Bertz CT molecular complexity index is 742. The molecule has 1 aliphatic carbocycles. The maximum atomic E-state index is 11.5. The molecule has 23 heavy (non-hydrogen) atoms. The lowest BCUT2D eigenvalue weighted by atomic mass is 10.1. The van der Waals surface area contributed by atoms with Gasteiger partial charge in [0.2, 0.25) is 0 Å². The van der Waals surface area contributed by atoms with Crippen molar-refractivity contribution in [1.82, 2.24) is 4.98 Å². The van der Waals surface area contributed by atoms with E-state index in [1.807, 2.05) is 17.0 Å². The first kappa shape index (κ1) is 15.1. The highest BCUT2D eigenvalue weighted by molar-refractivity contribution is 5.95. The van der Waals surface area contributed by atoms with Crippen molar-refractivity contribution in [3.8, 4) is 0 Å². The molecule has 1 aromatic carbocycles. The minimum Gasteiger partial charge on any atom is -0.359 e. The average Bonchev–Trinajstić information content (AvgIpc) is 3.37. The van der Waals surface area contributed by atoms with Crippen LogP contribution in [0.4, 0.5) is 11.4 Å². The topological polar surface area (TPSA) is 76.3 Å². The van der Waals surface area contributed by atoms with E-state index in [2.05, 4.69) is 4.98 Å². The van der Waals surface area contributed by atoms with Crippen LogP contribution < -0.4 is 4.90 Å². The fourth-order valence-corrected chi connectivity index (χ4v) is 2.62. The van der Waals surface area contributed by atoms with E-state index in [0.717, 1.165) is 18.4 Å². The van der Waals surface area contributed by atoms with Crippen LogP contribution in [0.3, 0.4) is 0 Å². The molecule has 6 nitrogen and oxygen atoms in total. The molecule has 0 aliphatic heterocycles. The van der Waals surface area contributed by atoms with Gasteiger partial charge >= 0.3 is 0 Å². The number of hydrogen-bond donors (Lipinski definition) is 0. The molecule has 0 amide bonds. The second kappa shape index (κ2) is 6.16. The Morgan fingerprint density at radius 3 is 2.74 bits per heavy atom. The van der Waals surface area contributed by atoms with Crippen molar-refractivity contribution in [3.05, 3.63) is 64.0 Å². The van der Waals surface area contributed by atoms with E-state index >= 15 is 0 Å². The average molecular weight is 311 g/mol. The van der Waals surface area contributed by atoms with Crippen molar-refractivity contribution >= 4 is 17.2 Å². The van der Waals surface area contributed by atoms with Gasteiger partial charge < -0.3 is 4.90 Å². The van der Waals surface area contributed by atoms with Crippen LogP contribution in [0.2, 0.25) is 0 Å². The van der Waals surface area contributed by atoms with Crippen LogP contribution in [-0.4, -0.2) is 21.7 Å². The summed E-state index contributed by atoms with van der Waals surface area (Å²) in [6.45, 7) is 1.98.